The van der Waals surface area contributed by atoms with Crippen LogP contribution in [-0.2, 0) is 18.4 Å². The number of esters is 1. The molecule has 1 saturated heterocycles. The van der Waals surface area contributed by atoms with Crippen LogP contribution >= 0.6 is 0 Å². The van der Waals surface area contributed by atoms with Crippen molar-refractivity contribution >= 4 is 22.6 Å². The first kappa shape index (κ1) is 22.8. The summed E-state index contributed by atoms with van der Waals surface area (Å²) in [5.74, 6) is -1.03. The average molecular weight is 395 g/mol. The van der Waals surface area contributed by atoms with Gasteiger partial charge in [-0.3, -0.25) is 0 Å². The maximum atomic E-state index is 14.5. The second-order valence-electron chi connectivity index (χ2n) is 9.92. The van der Waals surface area contributed by atoms with Crippen LogP contribution in [0.5, 0.6) is 0 Å². The molecule has 0 amide bonds. The fourth-order valence-electron chi connectivity index (χ4n) is 1.92. The van der Waals surface area contributed by atoms with E-state index in [9.17, 15) is 14.3 Å². The summed E-state index contributed by atoms with van der Waals surface area (Å²) >= 11 is 0. The smallest absolute Gasteiger partial charge is 0.345 e. The van der Waals surface area contributed by atoms with Gasteiger partial charge in [-0.1, -0.05) is 41.5 Å². The highest BCUT2D eigenvalue weighted by molar-refractivity contribution is 6.74. The molecule has 0 radical (unpaired) electrons. The fourth-order valence-corrected chi connectivity index (χ4v) is 4.33. The lowest BCUT2D eigenvalue weighted by Crippen LogP contribution is -2.62. The Labute approximate surface area is 153 Å². The van der Waals surface area contributed by atoms with Crippen LogP contribution in [0.25, 0.3) is 0 Å². The Balaban J connectivity index is 3.06. The molecule has 1 unspecified atom stereocenters. The van der Waals surface area contributed by atoms with Crippen molar-refractivity contribution in [3.05, 3.63) is 0 Å². The topological polar surface area (TPSA) is 65.0 Å². The third-order valence-corrected chi connectivity index (χ3v) is 14.7. The Bertz CT molecular complexity index is 496. The van der Waals surface area contributed by atoms with Crippen molar-refractivity contribution in [1.82, 2.24) is 0 Å². The van der Waals surface area contributed by atoms with Crippen molar-refractivity contribution in [3.8, 4) is 0 Å². The Morgan fingerprint density at radius 3 is 1.76 bits per heavy atom. The predicted octanol–water partition coefficient (Wildman–Crippen LogP) is 3.98. The van der Waals surface area contributed by atoms with E-state index in [1.807, 2.05) is 67.7 Å². The molecule has 1 aliphatic heterocycles. The molecule has 25 heavy (non-hydrogen) atoms. The summed E-state index contributed by atoms with van der Waals surface area (Å²) in [5.41, 5.74) is 0. The van der Waals surface area contributed by atoms with Gasteiger partial charge in [0.05, 0.1) is 0 Å². The minimum absolute atomic E-state index is 0.137. The van der Waals surface area contributed by atoms with E-state index >= 15 is 0 Å². The van der Waals surface area contributed by atoms with Crippen molar-refractivity contribution in [2.24, 2.45) is 0 Å². The largest absolute Gasteiger partial charge is 0.432 e. The molecule has 1 fully saturated rings. The van der Waals surface area contributed by atoms with Crippen LogP contribution in [0.4, 0.5) is 4.39 Å². The standard InChI is InChI=1S/C17H35FO5Si2/c1-16(2,3)24(7,8)22-13-11(18)14(20)21-15(12(13)19)23-25(9,10)17(4,5)6/h11-13,15,19H,1-10H3/t11-,12+,13+,15?/m1/s1. The SMILES string of the molecule is CC(C)(C)[Si](C)(C)OC1OC(=O)[C@H](F)[C@H](O[Si](C)(C)C(C)(C)C)[C@@H]1O. The highest BCUT2D eigenvalue weighted by atomic mass is 28.4. The second kappa shape index (κ2) is 7.03. The molecular weight excluding hydrogens is 359 g/mol. The second-order valence-corrected chi connectivity index (χ2v) is 19.4. The van der Waals surface area contributed by atoms with Crippen molar-refractivity contribution in [1.29, 1.82) is 0 Å². The molecular formula is C17H35FO5Si2. The quantitative estimate of drug-likeness (QED) is 0.577. The van der Waals surface area contributed by atoms with Gasteiger partial charge in [-0.25, -0.2) is 9.18 Å². The first-order chi connectivity index (χ1) is 10.9. The van der Waals surface area contributed by atoms with Crippen molar-refractivity contribution in [3.63, 3.8) is 0 Å². The maximum Gasteiger partial charge on any atom is 0.345 e. The number of cyclic esters (lactones) is 1. The third kappa shape index (κ3) is 4.91. The minimum atomic E-state index is -2.38. The van der Waals surface area contributed by atoms with Crippen molar-refractivity contribution < 1.29 is 27.9 Å². The van der Waals surface area contributed by atoms with Crippen LogP contribution in [0.15, 0.2) is 0 Å². The summed E-state index contributed by atoms with van der Waals surface area (Å²) in [6.07, 6.45) is -5.83. The molecule has 0 aromatic carbocycles. The zero-order chi connectivity index (χ0) is 20.0. The molecule has 1 rings (SSSR count). The van der Waals surface area contributed by atoms with E-state index in [1.54, 1.807) is 0 Å². The fraction of sp³-hybridized carbons (Fsp3) is 0.941. The van der Waals surface area contributed by atoms with E-state index in [0.29, 0.717) is 0 Å². The number of aliphatic hydroxyl groups is 1. The Kier molecular flexibility index (Phi) is 6.40. The average Bonchev–Trinajstić information content (AvgIpc) is 2.38. The number of alkyl halides is 1. The first-order valence-corrected chi connectivity index (χ1v) is 14.6. The van der Waals surface area contributed by atoms with Gasteiger partial charge in [0.2, 0.25) is 12.5 Å². The number of aliphatic hydroxyl groups excluding tert-OH is 1. The van der Waals surface area contributed by atoms with E-state index in [0.717, 1.165) is 0 Å². The number of carbonyl (C=O) groups is 1. The number of ether oxygens (including phenoxy) is 1. The van der Waals surface area contributed by atoms with Crippen LogP contribution < -0.4 is 0 Å². The van der Waals surface area contributed by atoms with Gasteiger partial charge in [0, 0.05) is 0 Å². The summed E-state index contributed by atoms with van der Waals surface area (Å²) < 4.78 is 31.6. The van der Waals surface area contributed by atoms with Crippen molar-refractivity contribution in [2.75, 3.05) is 0 Å². The van der Waals surface area contributed by atoms with Gasteiger partial charge < -0.3 is 18.7 Å². The van der Waals surface area contributed by atoms with E-state index in [4.69, 9.17) is 13.6 Å². The normalized spacial score (nSPS) is 29.5. The van der Waals surface area contributed by atoms with Crippen LogP contribution in [0.1, 0.15) is 41.5 Å². The van der Waals surface area contributed by atoms with Crippen LogP contribution in [0, 0.1) is 0 Å². The summed E-state index contributed by atoms with van der Waals surface area (Å²) in [5, 5.41) is 10.3. The van der Waals surface area contributed by atoms with E-state index in [2.05, 4.69) is 0 Å². The molecule has 1 N–H and O–H groups in total. The molecule has 148 valence electrons. The molecule has 1 heterocycles. The van der Waals surface area contributed by atoms with Gasteiger partial charge in [-0.15, -0.1) is 0 Å². The molecule has 0 bridgehead atoms. The van der Waals surface area contributed by atoms with Crippen LogP contribution in [0.2, 0.25) is 36.3 Å². The van der Waals surface area contributed by atoms with E-state index in [1.165, 1.54) is 0 Å². The number of rotatable bonds is 4. The number of carbonyl (C=O) groups excluding carboxylic acids is 1. The lowest BCUT2D eigenvalue weighted by Gasteiger charge is -2.46. The highest BCUT2D eigenvalue weighted by Crippen LogP contribution is 2.41. The van der Waals surface area contributed by atoms with Gasteiger partial charge in [-0.2, -0.15) is 0 Å². The Morgan fingerprint density at radius 1 is 0.960 bits per heavy atom. The van der Waals surface area contributed by atoms with Crippen LogP contribution in [-0.4, -0.2) is 52.4 Å². The molecule has 0 aliphatic carbocycles. The Hall–Kier alpha value is -0.286. The number of hydrogen-bond acceptors (Lipinski definition) is 5. The van der Waals surface area contributed by atoms with Crippen molar-refractivity contribution in [2.45, 2.75) is 102 Å². The Morgan fingerprint density at radius 2 is 1.36 bits per heavy atom. The third-order valence-electron chi connectivity index (χ3n) is 5.82. The lowest BCUT2D eigenvalue weighted by molar-refractivity contribution is -0.227. The van der Waals surface area contributed by atoms with Gasteiger partial charge in [0.15, 0.2) is 16.6 Å². The maximum absolute atomic E-state index is 14.5. The zero-order valence-corrected chi connectivity index (χ0v) is 19.3. The number of hydrogen-bond donors (Lipinski definition) is 1. The zero-order valence-electron chi connectivity index (χ0n) is 17.3. The van der Waals surface area contributed by atoms with Gasteiger partial charge in [-0.05, 0) is 36.3 Å². The molecule has 1 aliphatic rings. The van der Waals surface area contributed by atoms with Gasteiger partial charge in [0.1, 0.15) is 12.2 Å². The highest BCUT2D eigenvalue weighted by Gasteiger charge is 2.53. The summed E-state index contributed by atoms with van der Waals surface area (Å²) in [6.45, 7) is 20.0. The van der Waals surface area contributed by atoms with Gasteiger partial charge >= 0.3 is 5.97 Å². The summed E-state index contributed by atoms with van der Waals surface area (Å²) in [6, 6.07) is 0. The molecule has 8 heteroatoms. The first-order valence-electron chi connectivity index (χ1n) is 8.79. The summed E-state index contributed by atoms with van der Waals surface area (Å²) in [4.78, 5) is 12.0. The number of halogens is 1. The molecule has 0 aromatic heterocycles. The molecule has 0 aromatic rings. The molecule has 0 spiro atoms. The minimum Gasteiger partial charge on any atom is -0.432 e. The molecule has 4 atom stereocenters. The van der Waals surface area contributed by atoms with E-state index < -0.39 is 47.3 Å². The van der Waals surface area contributed by atoms with E-state index in [-0.39, 0.29) is 10.1 Å². The predicted molar refractivity (Wildman–Crippen MR) is 101 cm³/mol. The lowest BCUT2D eigenvalue weighted by atomic mass is 10.1. The van der Waals surface area contributed by atoms with Gasteiger partial charge in [0.25, 0.3) is 0 Å². The molecule has 5 nitrogen and oxygen atoms in total. The molecule has 0 saturated carbocycles. The monoisotopic (exact) mass is 394 g/mol. The summed E-state index contributed by atoms with van der Waals surface area (Å²) in [7, 11) is -4.70. The van der Waals surface area contributed by atoms with Crippen LogP contribution in [0.3, 0.4) is 0 Å².